The van der Waals surface area contributed by atoms with E-state index in [0.29, 0.717) is 23.6 Å². The van der Waals surface area contributed by atoms with Gasteiger partial charge in [0.15, 0.2) is 5.13 Å². The number of anilines is 1. The number of nitrogens with zero attached hydrogens (tertiary/aromatic N) is 2. The molecule has 0 atom stereocenters. The van der Waals surface area contributed by atoms with E-state index in [0.717, 1.165) is 28.1 Å². The zero-order chi connectivity index (χ0) is 16.6. The molecule has 0 N–H and O–H groups in total. The first kappa shape index (κ1) is 16.5. The summed E-state index contributed by atoms with van der Waals surface area (Å²) in [6.45, 7) is 7.86. The van der Waals surface area contributed by atoms with Gasteiger partial charge in [0.2, 0.25) is 0 Å². The molecule has 1 aliphatic carbocycles. The van der Waals surface area contributed by atoms with Crippen molar-refractivity contribution in [3.63, 3.8) is 0 Å². The molecule has 0 saturated heterocycles. The van der Waals surface area contributed by atoms with Crippen molar-refractivity contribution in [2.75, 3.05) is 11.4 Å². The van der Waals surface area contributed by atoms with Gasteiger partial charge < -0.3 is 4.42 Å². The highest BCUT2D eigenvalue weighted by Gasteiger charge is 2.28. The normalized spacial score (nSPS) is 13.7. The number of halogens is 1. The fourth-order valence-electron chi connectivity index (χ4n) is 2.87. The van der Waals surface area contributed by atoms with E-state index in [1.165, 1.54) is 17.7 Å². The van der Waals surface area contributed by atoms with Crippen molar-refractivity contribution in [3.05, 3.63) is 44.8 Å². The Morgan fingerprint density at radius 2 is 2.13 bits per heavy atom. The fraction of sp³-hybridized carbons (Fsp3) is 0.412. The van der Waals surface area contributed by atoms with Crippen LogP contribution in [0, 0.1) is 13.8 Å². The molecule has 0 saturated carbocycles. The molecule has 0 radical (unpaired) electrons. The molecule has 2 heterocycles. The third kappa shape index (κ3) is 3.02. The average Bonchev–Trinajstić information content (AvgIpc) is 3.05. The molecular formula is C17H19BrN2O2S. The van der Waals surface area contributed by atoms with Gasteiger partial charge in [0.1, 0.15) is 11.5 Å². The minimum Gasteiger partial charge on any atom is -0.465 e. The first-order valence-corrected chi connectivity index (χ1v) is 9.30. The maximum absolute atomic E-state index is 13.1. The highest BCUT2D eigenvalue weighted by Crippen LogP contribution is 2.34. The number of aryl methyl sites for hydroxylation is 4. The molecule has 0 spiro atoms. The SMILES string of the molecule is C=CCN(C(=O)c1c(C)oc(C)c1Br)c1nc2c(s1)CCCC2. The smallest absolute Gasteiger partial charge is 0.265 e. The van der Waals surface area contributed by atoms with Crippen LogP contribution in [0.1, 0.15) is 45.3 Å². The van der Waals surface area contributed by atoms with Crippen molar-refractivity contribution >= 4 is 38.3 Å². The van der Waals surface area contributed by atoms with Crippen LogP contribution in [0.15, 0.2) is 21.5 Å². The maximum atomic E-state index is 13.1. The quantitative estimate of drug-likeness (QED) is 0.697. The van der Waals surface area contributed by atoms with Crippen molar-refractivity contribution < 1.29 is 9.21 Å². The standard InChI is InChI=1S/C17H19BrN2O2S/c1-4-9-20(16(21)14-10(2)22-11(3)15(14)18)17-19-12-7-5-6-8-13(12)23-17/h4H,1,5-9H2,2-3H3. The third-order valence-electron chi connectivity index (χ3n) is 4.02. The van der Waals surface area contributed by atoms with E-state index >= 15 is 0 Å². The summed E-state index contributed by atoms with van der Waals surface area (Å²) in [7, 11) is 0. The van der Waals surface area contributed by atoms with Crippen molar-refractivity contribution in [2.45, 2.75) is 39.5 Å². The topological polar surface area (TPSA) is 46.3 Å². The summed E-state index contributed by atoms with van der Waals surface area (Å²) < 4.78 is 6.29. The largest absolute Gasteiger partial charge is 0.465 e. The minimum absolute atomic E-state index is 0.0998. The summed E-state index contributed by atoms with van der Waals surface area (Å²) in [4.78, 5) is 20.8. The summed E-state index contributed by atoms with van der Waals surface area (Å²) in [6.07, 6.45) is 6.19. The van der Waals surface area contributed by atoms with Crippen molar-refractivity contribution in [1.29, 1.82) is 0 Å². The van der Waals surface area contributed by atoms with Crippen LogP contribution in [-0.4, -0.2) is 17.4 Å². The Labute approximate surface area is 148 Å². The van der Waals surface area contributed by atoms with Gasteiger partial charge in [-0.3, -0.25) is 9.69 Å². The summed E-state index contributed by atoms with van der Waals surface area (Å²) in [5.41, 5.74) is 1.72. The van der Waals surface area contributed by atoms with Crippen LogP contribution >= 0.6 is 27.3 Å². The molecular weight excluding hydrogens is 376 g/mol. The van der Waals surface area contributed by atoms with E-state index in [1.54, 1.807) is 22.3 Å². The number of aromatic nitrogens is 1. The molecule has 0 bridgehead atoms. The van der Waals surface area contributed by atoms with Crippen LogP contribution in [0.25, 0.3) is 0 Å². The molecule has 4 nitrogen and oxygen atoms in total. The number of carbonyl (C=O) groups is 1. The molecule has 2 aromatic heterocycles. The summed E-state index contributed by atoms with van der Waals surface area (Å²) in [5.74, 6) is 1.23. The van der Waals surface area contributed by atoms with Crippen molar-refractivity contribution in [3.8, 4) is 0 Å². The lowest BCUT2D eigenvalue weighted by Crippen LogP contribution is -2.31. The second kappa shape index (κ2) is 6.61. The van der Waals surface area contributed by atoms with Crippen LogP contribution in [0.4, 0.5) is 5.13 Å². The molecule has 1 amide bonds. The van der Waals surface area contributed by atoms with Crippen LogP contribution in [0.2, 0.25) is 0 Å². The van der Waals surface area contributed by atoms with E-state index in [1.807, 2.05) is 13.8 Å². The van der Waals surface area contributed by atoms with Gasteiger partial charge in [0.25, 0.3) is 5.91 Å². The molecule has 3 rings (SSSR count). The lowest BCUT2D eigenvalue weighted by molar-refractivity contribution is 0.0987. The molecule has 0 aliphatic heterocycles. The predicted molar refractivity (Wildman–Crippen MR) is 96.5 cm³/mol. The van der Waals surface area contributed by atoms with Crippen LogP contribution in [-0.2, 0) is 12.8 Å². The number of carbonyl (C=O) groups excluding carboxylic acids is 1. The average molecular weight is 395 g/mol. The summed E-state index contributed by atoms with van der Waals surface area (Å²) >= 11 is 5.09. The first-order chi connectivity index (χ1) is 11.0. The van der Waals surface area contributed by atoms with E-state index in [4.69, 9.17) is 9.40 Å². The number of amides is 1. The second-order valence-electron chi connectivity index (χ2n) is 5.68. The number of hydrogen-bond acceptors (Lipinski definition) is 4. The van der Waals surface area contributed by atoms with E-state index in [9.17, 15) is 4.79 Å². The monoisotopic (exact) mass is 394 g/mol. The Bertz CT molecular complexity index is 739. The minimum atomic E-state index is -0.0998. The highest BCUT2D eigenvalue weighted by molar-refractivity contribution is 9.10. The fourth-order valence-corrected chi connectivity index (χ4v) is 4.55. The van der Waals surface area contributed by atoms with Gasteiger partial charge in [-0.25, -0.2) is 4.98 Å². The number of rotatable bonds is 4. The number of thiazole rings is 1. The van der Waals surface area contributed by atoms with E-state index in [-0.39, 0.29) is 5.91 Å². The van der Waals surface area contributed by atoms with Gasteiger partial charge >= 0.3 is 0 Å². The molecule has 6 heteroatoms. The van der Waals surface area contributed by atoms with E-state index < -0.39 is 0 Å². The van der Waals surface area contributed by atoms with Gasteiger partial charge in [-0.2, -0.15) is 0 Å². The predicted octanol–water partition coefficient (Wildman–Crippen LogP) is 4.83. The maximum Gasteiger partial charge on any atom is 0.265 e. The Morgan fingerprint density at radius 1 is 1.39 bits per heavy atom. The molecule has 122 valence electrons. The van der Waals surface area contributed by atoms with E-state index in [2.05, 4.69) is 22.5 Å². The van der Waals surface area contributed by atoms with Gasteiger partial charge in [0, 0.05) is 11.4 Å². The lowest BCUT2D eigenvalue weighted by atomic mass is 10.0. The van der Waals surface area contributed by atoms with Gasteiger partial charge in [-0.15, -0.1) is 17.9 Å². The molecule has 0 unspecified atom stereocenters. The lowest BCUT2D eigenvalue weighted by Gasteiger charge is -2.18. The van der Waals surface area contributed by atoms with Gasteiger partial charge in [0.05, 0.1) is 15.7 Å². The summed E-state index contributed by atoms with van der Waals surface area (Å²) in [6, 6.07) is 0. The molecule has 23 heavy (non-hydrogen) atoms. The summed E-state index contributed by atoms with van der Waals surface area (Å²) in [5, 5.41) is 0.756. The third-order valence-corrected chi connectivity index (χ3v) is 6.16. The van der Waals surface area contributed by atoms with Gasteiger partial charge in [-0.1, -0.05) is 6.08 Å². The van der Waals surface area contributed by atoms with Gasteiger partial charge in [-0.05, 0) is 55.5 Å². The molecule has 0 aromatic carbocycles. The van der Waals surface area contributed by atoms with Crippen molar-refractivity contribution in [1.82, 2.24) is 4.98 Å². The highest BCUT2D eigenvalue weighted by atomic mass is 79.9. The van der Waals surface area contributed by atoms with Crippen LogP contribution in [0.3, 0.4) is 0 Å². The zero-order valence-electron chi connectivity index (χ0n) is 13.3. The number of furan rings is 1. The zero-order valence-corrected chi connectivity index (χ0v) is 15.7. The number of hydrogen-bond donors (Lipinski definition) is 0. The van der Waals surface area contributed by atoms with Crippen LogP contribution in [0.5, 0.6) is 0 Å². The van der Waals surface area contributed by atoms with Crippen molar-refractivity contribution in [2.24, 2.45) is 0 Å². The Morgan fingerprint density at radius 3 is 2.74 bits per heavy atom. The second-order valence-corrected chi connectivity index (χ2v) is 7.54. The molecule has 1 aliphatic rings. The molecule has 0 fully saturated rings. The Hall–Kier alpha value is -1.40. The molecule has 2 aromatic rings. The number of fused-ring (bicyclic) bond motifs is 1. The Balaban J connectivity index is 1.99. The first-order valence-electron chi connectivity index (χ1n) is 7.69. The van der Waals surface area contributed by atoms with Crippen LogP contribution < -0.4 is 4.90 Å². The Kier molecular flexibility index (Phi) is 4.73.